The van der Waals surface area contributed by atoms with E-state index in [4.69, 9.17) is 5.84 Å². The molecule has 146 valence electrons. The lowest BCUT2D eigenvalue weighted by Crippen LogP contribution is -2.16. The Morgan fingerprint density at radius 1 is 1.14 bits per heavy atom. The quantitative estimate of drug-likeness (QED) is 0.333. The van der Waals surface area contributed by atoms with Crippen molar-refractivity contribution in [3.63, 3.8) is 0 Å². The van der Waals surface area contributed by atoms with Gasteiger partial charge in [0.2, 0.25) is 16.9 Å². The first-order chi connectivity index (χ1) is 14.1. The number of hydrogen-bond donors (Lipinski definition) is 3. The summed E-state index contributed by atoms with van der Waals surface area (Å²) in [6.45, 7) is 0. The van der Waals surface area contributed by atoms with Crippen molar-refractivity contribution in [1.29, 1.82) is 0 Å². The molecule has 2 aromatic carbocycles. The highest BCUT2D eigenvalue weighted by Crippen LogP contribution is 2.24. The minimum atomic E-state index is -0.365. The zero-order valence-corrected chi connectivity index (χ0v) is 15.9. The van der Waals surface area contributed by atoms with Gasteiger partial charge in [0.15, 0.2) is 0 Å². The smallest absolute Gasteiger partial charge is 0.234 e. The first-order valence-electron chi connectivity index (χ1n) is 8.60. The van der Waals surface area contributed by atoms with Crippen LogP contribution in [0.4, 0.5) is 10.1 Å². The summed E-state index contributed by atoms with van der Waals surface area (Å²) in [5, 5.41) is 18.4. The summed E-state index contributed by atoms with van der Waals surface area (Å²) >= 11 is 1.14. The maximum atomic E-state index is 12.9. The van der Waals surface area contributed by atoms with Crippen molar-refractivity contribution in [3.8, 4) is 22.8 Å². The van der Waals surface area contributed by atoms with Crippen LogP contribution in [0.15, 0.2) is 65.8 Å². The molecule has 4 N–H and O–H groups in total. The molecule has 10 heteroatoms. The van der Waals surface area contributed by atoms with Gasteiger partial charge in [0.05, 0.1) is 11.4 Å². The molecule has 0 saturated heterocycles. The summed E-state index contributed by atoms with van der Waals surface area (Å²) in [6, 6.07) is 17.1. The molecule has 2 aromatic heterocycles. The number of nitrogens with one attached hydrogen (secondary N) is 2. The van der Waals surface area contributed by atoms with Crippen LogP contribution in [-0.2, 0) is 4.79 Å². The SMILES string of the molecule is Nn1c(SCC(=O)Nc2ccc(F)cc2)nnc1-c1cc(-c2ccccc2)n[nH]1. The first kappa shape index (κ1) is 18.7. The average molecular weight is 409 g/mol. The number of benzene rings is 2. The molecule has 0 bridgehead atoms. The van der Waals surface area contributed by atoms with E-state index in [1.807, 2.05) is 36.4 Å². The summed E-state index contributed by atoms with van der Waals surface area (Å²) in [5.41, 5.74) is 2.85. The lowest BCUT2D eigenvalue weighted by atomic mass is 10.1. The number of carbonyl (C=O) groups excluding carboxylic acids is 1. The van der Waals surface area contributed by atoms with Crippen LogP contribution >= 0.6 is 11.8 Å². The van der Waals surface area contributed by atoms with E-state index in [0.717, 1.165) is 23.0 Å². The molecule has 0 atom stereocenters. The third kappa shape index (κ3) is 4.27. The summed E-state index contributed by atoms with van der Waals surface area (Å²) < 4.78 is 14.2. The zero-order valence-electron chi connectivity index (χ0n) is 15.0. The summed E-state index contributed by atoms with van der Waals surface area (Å²) in [5.74, 6) is 5.94. The Hall–Kier alpha value is -3.66. The van der Waals surface area contributed by atoms with E-state index in [2.05, 4.69) is 25.7 Å². The minimum Gasteiger partial charge on any atom is -0.335 e. The number of amides is 1. The zero-order chi connectivity index (χ0) is 20.2. The monoisotopic (exact) mass is 409 g/mol. The Morgan fingerprint density at radius 3 is 2.66 bits per heavy atom. The Labute approximate surface area is 169 Å². The van der Waals surface area contributed by atoms with Gasteiger partial charge >= 0.3 is 0 Å². The molecule has 0 fully saturated rings. The van der Waals surface area contributed by atoms with E-state index in [0.29, 0.717) is 22.4 Å². The van der Waals surface area contributed by atoms with E-state index in [1.165, 1.54) is 28.9 Å². The molecule has 0 aliphatic rings. The first-order valence-corrected chi connectivity index (χ1v) is 9.58. The predicted octanol–water partition coefficient (Wildman–Crippen LogP) is 2.92. The largest absolute Gasteiger partial charge is 0.335 e. The van der Waals surface area contributed by atoms with Gasteiger partial charge in [0.25, 0.3) is 0 Å². The van der Waals surface area contributed by atoms with Gasteiger partial charge in [-0.25, -0.2) is 9.07 Å². The van der Waals surface area contributed by atoms with Crippen molar-refractivity contribution in [2.75, 3.05) is 16.9 Å². The molecule has 4 rings (SSSR count). The van der Waals surface area contributed by atoms with Crippen LogP contribution in [0, 0.1) is 5.82 Å². The Balaban J connectivity index is 1.42. The summed E-state index contributed by atoms with van der Waals surface area (Å²) in [7, 11) is 0. The average Bonchev–Trinajstić information content (AvgIpc) is 3.36. The van der Waals surface area contributed by atoms with Gasteiger partial charge in [-0.1, -0.05) is 42.1 Å². The molecule has 0 saturated carbocycles. The molecule has 2 heterocycles. The number of nitrogens with zero attached hydrogens (tertiary/aromatic N) is 4. The molecule has 8 nitrogen and oxygen atoms in total. The van der Waals surface area contributed by atoms with Gasteiger partial charge in [0.1, 0.15) is 11.5 Å². The molecule has 0 unspecified atom stereocenters. The standard InChI is InChI=1S/C19H16FN7OS/c20-13-6-8-14(9-7-13)22-17(28)11-29-19-26-25-18(27(19)21)16-10-15(23-24-16)12-4-2-1-3-5-12/h1-10H,11,21H2,(H,22,28)(H,23,24). The second-order valence-electron chi connectivity index (χ2n) is 6.05. The molecule has 4 aromatic rings. The van der Waals surface area contributed by atoms with Gasteiger partial charge in [-0.3, -0.25) is 9.89 Å². The maximum Gasteiger partial charge on any atom is 0.234 e. The van der Waals surface area contributed by atoms with E-state index in [9.17, 15) is 9.18 Å². The minimum absolute atomic E-state index is 0.0744. The van der Waals surface area contributed by atoms with Crippen molar-refractivity contribution >= 4 is 23.4 Å². The molecular weight excluding hydrogens is 393 g/mol. The summed E-state index contributed by atoms with van der Waals surface area (Å²) in [4.78, 5) is 12.1. The van der Waals surface area contributed by atoms with Gasteiger partial charge < -0.3 is 11.2 Å². The fraction of sp³-hybridized carbons (Fsp3) is 0.0526. The molecule has 0 radical (unpaired) electrons. The third-order valence-electron chi connectivity index (χ3n) is 4.01. The molecule has 0 spiro atoms. The maximum absolute atomic E-state index is 12.9. The van der Waals surface area contributed by atoms with Crippen LogP contribution < -0.4 is 11.2 Å². The highest BCUT2D eigenvalue weighted by molar-refractivity contribution is 7.99. The van der Waals surface area contributed by atoms with Crippen LogP contribution in [0.5, 0.6) is 0 Å². The fourth-order valence-electron chi connectivity index (χ4n) is 2.61. The van der Waals surface area contributed by atoms with Gasteiger partial charge in [-0.05, 0) is 30.3 Å². The highest BCUT2D eigenvalue weighted by atomic mass is 32.2. The van der Waals surface area contributed by atoms with Crippen molar-refractivity contribution in [2.45, 2.75) is 5.16 Å². The van der Waals surface area contributed by atoms with Gasteiger partial charge in [0, 0.05) is 11.3 Å². The second-order valence-corrected chi connectivity index (χ2v) is 7.00. The molecule has 0 aliphatic carbocycles. The fourth-order valence-corrected chi connectivity index (χ4v) is 3.27. The molecule has 1 amide bonds. The number of hydrogen-bond acceptors (Lipinski definition) is 6. The van der Waals surface area contributed by atoms with E-state index < -0.39 is 0 Å². The lowest BCUT2D eigenvalue weighted by Gasteiger charge is -2.05. The van der Waals surface area contributed by atoms with Crippen molar-refractivity contribution in [2.24, 2.45) is 0 Å². The van der Waals surface area contributed by atoms with E-state index >= 15 is 0 Å². The summed E-state index contributed by atoms with van der Waals surface area (Å²) in [6.07, 6.45) is 0. The molecule has 29 heavy (non-hydrogen) atoms. The number of thioether (sulfide) groups is 1. The van der Waals surface area contributed by atoms with Crippen LogP contribution in [0.3, 0.4) is 0 Å². The number of carbonyl (C=O) groups is 1. The number of nitrogen functional groups attached to an aromatic ring is 1. The van der Waals surface area contributed by atoms with Gasteiger partial charge in [-0.15, -0.1) is 10.2 Å². The van der Waals surface area contributed by atoms with Crippen molar-refractivity contribution in [1.82, 2.24) is 25.1 Å². The van der Waals surface area contributed by atoms with Crippen LogP contribution in [-0.4, -0.2) is 36.7 Å². The van der Waals surface area contributed by atoms with Crippen molar-refractivity contribution in [3.05, 3.63) is 66.5 Å². The van der Waals surface area contributed by atoms with E-state index in [1.54, 1.807) is 0 Å². The predicted molar refractivity (Wildman–Crippen MR) is 109 cm³/mol. The molecule has 0 aliphatic heterocycles. The number of nitrogens with two attached hydrogens (primary N) is 1. The number of anilines is 1. The van der Waals surface area contributed by atoms with E-state index in [-0.39, 0.29) is 17.5 Å². The number of halogens is 1. The van der Waals surface area contributed by atoms with Crippen LogP contribution in [0.25, 0.3) is 22.8 Å². The topological polar surface area (TPSA) is 115 Å². The van der Waals surface area contributed by atoms with Gasteiger partial charge in [-0.2, -0.15) is 5.10 Å². The van der Waals surface area contributed by atoms with Crippen LogP contribution in [0.1, 0.15) is 0 Å². The third-order valence-corrected chi connectivity index (χ3v) is 4.96. The number of aromatic amines is 1. The highest BCUT2D eigenvalue weighted by Gasteiger charge is 2.16. The Bertz CT molecular complexity index is 1130. The van der Waals surface area contributed by atoms with Crippen LogP contribution in [0.2, 0.25) is 0 Å². The Kier molecular flexibility index (Phi) is 5.25. The number of rotatable bonds is 6. The normalized spacial score (nSPS) is 10.8. The number of H-pyrrole nitrogens is 1. The Morgan fingerprint density at radius 2 is 1.90 bits per heavy atom. The number of aromatic nitrogens is 5. The lowest BCUT2D eigenvalue weighted by molar-refractivity contribution is -0.113. The van der Waals surface area contributed by atoms with Crippen molar-refractivity contribution < 1.29 is 9.18 Å². The second kappa shape index (κ2) is 8.15. The molecular formula is C19H16FN7OS.